The zero-order valence-electron chi connectivity index (χ0n) is 16.6. The van der Waals surface area contributed by atoms with Crippen LogP contribution in [0.3, 0.4) is 0 Å². The van der Waals surface area contributed by atoms with E-state index in [9.17, 15) is 4.79 Å². The molecule has 0 saturated carbocycles. The minimum atomic E-state index is -0.112. The Balaban J connectivity index is 1.61. The molecule has 3 rings (SSSR count). The minimum Gasteiger partial charge on any atom is -0.490 e. The van der Waals surface area contributed by atoms with E-state index in [1.54, 1.807) is 12.2 Å². The molecule has 1 aliphatic rings. The van der Waals surface area contributed by atoms with Gasteiger partial charge in [-0.3, -0.25) is 9.69 Å². The lowest BCUT2D eigenvalue weighted by molar-refractivity contribution is -0.117. The summed E-state index contributed by atoms with van der Waals surface area (Å²) in [6.45, 7) is 8.12. The Morgan fingerprint density at radius 3 is 2.55 bits per heavy atom. The highest BCUT2D eigenvalue weighted by Crippen LogP contribution is 2.16. The van der Waals surface area contributed by atoms with E-state index in [-0.39, 0.29) is 11.9 Å². The van der Waals surface area contributed by atoms with E-state index in [2.05, 4.69) is 28.9 Å². The number of amides is 1. The third-order valence-corrected chi connectivity index (χ3v) is 4.74. The molecule has 0 radical (unpaired) electrons. The van der Waals surface area contributed by atoms with E-state index in [0.717, 1.165) is 49.7 Å². The first-order valence-electron chi connectivity index (χ1n) is 9.92. The van der Waals surface area contributed by atoms with Gasteiger partial charge in [-0.15, -0.1) is 0 Å². The topological polar surface area (TPSA) is 50.8 Å². The molecule has 5 heteroatoms. The standard InChI is InChI=1S/C24H28N2O3/c1-2-16-29-22-11-8-20(9-12-22)10-13-24(27)25-23(21-6-4-3-5-7-21)19-26-14-17-28-18-15-26/h2-13,23H,1,14-19H2,(H,25,27)/b13-10+/t23-/m1/s1. The molecule has 0 unspecified atom stereocenters. The van der Waals surface area contributed by atoms with Crippen molar-refractivity contribution in [3.8, 4) is 5.75 Å². The van der Waals surface area contributed by atoms with Crippen molar-refractivity contribution in [3.63, 3.8) is 0 Å². The van der Waals surface area contributed by atoms with Crippen LogP contribution in [0.1, 0.15) is 17.2 Å². The van der Waals surface area contributed by atoms with Crippen LogP contribution >= 0.6 is 0 Å². The lowest BCUT2D eigenvalue weighted by Crippen LogP contribution is -2.42. The fraction of sp³-hybridized carbons (Fsp3) is 0.292. The highest BCUT2D eigenvalue weighted by molar-refractivity contribution is 5.92. The van der Waals surface area contributed by atoms with Crippen molar-refractivity contribution in [1.82, 2.24) is 10.2 Å². The van der Waals surface area contributed by atoms with E-state index in [1.807, 2.05) is 48.5 Å². The van der Waals surface area contributed by atoms with Gasteiger partial charge >= 0.3 is 0 Å². The third kappa shape index (κ3) is 6.89. The predicted octanol–water partition coefficient (Wildman–Crippen LogP) is 3.45. The molecule has 1 N–H and O–H groups in total. The average molecular weight is 392 g/mol. The number of nitrogens with zero attached hydrogens (tertiary/aromatic N) is 1. The zero-order chi connectivity index (χ0) is 20.3. The predicted molar refractivity (Wildman–Crippen MR) is 116 cm³/mol. The quantitative estimate of drug-likeness (QED) is 0.525. The second-order valence-electron chi connectivity index (χ2n) is 6.89. The highest BCUT2D eigenvalue weighted by atomic mass is 16.5. The molecule has 0 spiro atoms. The smallest absolute Gasteiger partial charge is 0.244 e. The van der Waals surface area contributed by atoms with Gasteiger partial charge in [0.05, 0.1) is 19.3 Å². The number of carbonyl (C=O) groups excluding carboxylic acids is 1. The van der Waals surface area contributed by atoms with Gasteiger partial charge in [0.2, 0.25) is 5.91 Å². The number of benzene rings is 2. The van der Waals surface area contributed by atoms with Crippen LogP contribution in [0.2, 0.25) is 0 Å². The molecule has 1 fully saturated rings. The second-order valence-corrected chi connectivity index (χ2v) is 6.89. The Hall–Kier alpha value is -2.89. The van der Waals surface area contributed by atoms with Gasteiger partial charge < -0.3 is 14.8 Å². The van der Waals surface area contributed by atoms with E-state index >= 15 is 0 Å². The van der Waals surface area contributed by atoms with Gasteiger partial charge in [0.15, 0.2) is 0 Å². The van der Waals surface area contributed by atoms with E-state index in [0.29, 0.717) is 6.61 Å². The zero-order valence-corrected chi connectivity index (χ0v) is 16.6. The number of nitrogens with one attached hydrogen (secondary N) is 1. The molecule has 2 aromatic rings. The molecule has 1 atom stereocenters. The van der Waals surface area contributed by atoms with Gasteiger partial charge in [0.1, 0.15) is 12.4 Å². The summed E-state index contributed by atoms with van der Waals surface area (Å²) < 4.78 is 10.9. The van der Waals surface area contributed by atoms with Crippen LogP contribution in [0.5, 0.6) is 5.75 Å². The Labute approximate surface area is 172 Å². The summed E-state index contributed by atoms with van der Waals surface area (Å²) in [5.41, 5.74) is 2.04. The van der Waals surface area contributed by atoms with E-state index < -0.39 is 0 Å². The number of hydrogen-bond acceptors (Lipinski definition) is 4. The summed E-state index contributed by atoms with van der Waals surface area (Å²) in [5.74, 6) is 0.667. The van der Waals surface area contributed by atoms with Gasteiger partial charge in [0, 0.05) is 25.7 Å². The van der Waals surface area contributed by atoms with Crippen molar-refractivity contribution >= 4 is 12.0 Å². The van der Waals surface area contributed by atoms with E-state index in [4.69, 9.17) is 9.47 Å². The molecule has 1 amide bonds. The molecule has 0 bridgehead atoms. The monoisotopic (exact) mass is 392 g/mol. The van der Waals surface area contributed by atoms with Crippen LogP contribution < -0.4 is 10.1 Å². The normalized spacial score (nSPS) is 15.7. The maximum atomic E-state index is 12.6. The van der Waals surface area contributed by atoms with Crippen molar-refractivity contribution < 1.29 is 14.3 Å². The lowest BCUT2D eigenvalue weighted by Gasteiger charge is -2.31. The number of rotatable bonds is 9. The third-order valence-electron chi connectivity index (χ3n) is 4.74. The number of hydrogen-bond donors (Lipinski definition) is 1. The van der Waals surface area contributed by atoms with Crippen LogP contribution in [-0.2, 0) is 9.53 Å². The summed E-state index contributed by atoms with van der Waals surface area (Å²) >= 11 is 0. The molecular formula is C24H28N2O3. The van der Waals surface area contributed by atoms with Crippen molar-refractivity contribution in [2.45, 2.75) is 6.04 Å². The maximum absolute atomic E-state index is 12.6. The Morgan fingerprint density at radius 1 is 1.14 bits per heavy atom. The fourth-order valence-corrected chi connectivity index (χ4v) is 3.18. The molecule has 0 aromatic heterocycles. The Kier molecular flexibility index (Phi) is 8.04. The van der Waals surface area contributed by atoms with Gasteiger partial charge in [-0.25, -0.2) is 0 Å². The summed E-state index contributed by atoms with van der Waals surface area (Å²) in [6, 6.07) is 17.6. The van der Waals surface area contributed by atoms with Gasteiger partial charge in [-0.1, -0.05) is 55.1 Å². The Morgan fingerprint density at radius 2 is 1.86 bits per heavy atom. The molecule has 1 saturated heterocycles. The van der Waals surface area contributed by atoms with Crippen LogP contribution in [0, 0.1) is 0 Å². The molecule has 1 heterocycles. The Bertz CT molecular complexity index is 797. The van der Waals surface area contributed by atoms with E-state index in [1.165, 1.54) is 0 Å². The minimum absolute atomic E-state index is 0.0684. The highest BCUT2D eigenvalue weighted by Gasteiger charge is 2.19. The van der Waals surface area contributed by atoms with Crippen molar-refractivity contribution in [2.75, 3.05) is 39.5 Å². The van der Waals surface area contributed by atoms with Crippen LogP contribution in [0.25, 0.3) is 6.08 Å². The van der Waals surface area contributed by atoms with Crippen LogP contribution in [-0.4, -0.2) is 50.3 Å². The van der Waals surface area contributed by atoms with Crippen molar-refractivity contribution in [1.29, 1.82) is 0 Å². The molecule has 29 heavy (non-hydrogen) atoms. The summed E-state index contributed by atoms with van der Waals surface area (Å²) in [7, 11) is 0. The molecule has 152 valence electrons. The van der Waals surface area contributed by atoms with Gasteiger partial charge in [-0.2, -0.15) is 0 Å². The summed E-state index contributed by atoms with van der Waals surface area (Å²) in [4.78, 5) is 14.9. The molecule has 2 aromatic carbocycles. The lowest BCUT2D eigenvalue weighted by atomic mass is 10.1. The first kappa shape index (κ1) is 20.8. The second kappa shape index (κ2) is 11.2. The van der Waals surface area contributed by atoms with Crippen molar-refractivity contribution in [2.24, 2.45) is 0 Å². The van der Waals surface area contributed by atoms with Crippen molar-refractivity contribution in [3.05, 3.63) is 84.5 Å². The summed E-state index contributed by atoms with van der Waals surface area (Å²) in [6.07, 6.45) is 5.09. The fourth-order valence-electron chi connectivity index (χ4n) is 3.18. The van der Waals surface area contributed by atoms with Gasteiger partial charge in [-0.05, 0) is 29.3 Å². The largest absolute Gasteiger partial charge is 0.490 e. The SMILES string of the molecule is C=CCOc1ccc(/C=C/C(=O)N[C@H](CN2CCOCC2)c2ccccc2)cc1. The van der Waals surface area contributed by atoms with Gasteiger partial charge in [0.25, 0.3) is 0 Å². The molecule has 1 aliphatic heterocycles. The number of carbonyl (C=O) groups is 1. The molecule has 5 nitrogen and oxygen atoms in total. The van der Waals surface area contributed by atoms with Crippen LogP contribution in [0.4, 0.5) is 0 Å². The maximum Gasteiger partial charge on any atom is 0.244 e. The van der Waals surface area contributed by atoms with Crippen LogP contribution in [0.15, 0.2) is 73.3 Å². The summed E-state index contributed by atoms with van der Waals surface area (Å²) in [5, 5.41) is 3.15. The number of ether oxygens (including phenoxy) is 2. The first-order chi connectivity index (χ1) is 14.2. The molecule has 0 aliphatic carbocycles. The molecular weight excluding hydrogens is 364 g/mol. The first-order valence-corrected chi connectivity index (χ1v) is 9.92. The number of morpholine rings is 1. The average Bonchev–Trinajstić information content (AvgIpc) is 2.78.